The summed E-state index contributed by atoms with van der Waals surface area (Å²) in [4.78, 5) is 4.56. The van der Waals surface area contributed by atoms with Crippen LogP contribution in [0.1, 0.15) is 25.3 Å². The Kier molecular flexibility index (Phi) is 4.24. The Morgan fingerprint density at radius 2 is 1.81 bits per heavy atom. The summed E-state index contributed by atoms with van der Waals surface area (Å²) < 4.78 is 22.6. The fraction of sp³-hybridized carbons (Fsp3) is 0.417. The molecule has 0 fully saturated rings. The summed E-state index contributed by atoms with van der Waals surface area (Å²) in [5.41, 5.74) is 2.01. The first-order valence-corrected chi connectivity index (χ1v) is 7.14. The van der Waals surface area contributed by atoms with Gasteiger partial charge < -0.3 is 0 Å². The molecule has 0 unspecified atom stereocenters. The van der Waals surface area contributed by atoms with Crippen molar-refractivity contribution >= 4 is 15.5 Å². The van der Waals surface area contributed by atoms with E-state index in [1.807, 2.05) is 12.1 Å². The van der Waals surface area contributed by atoms with Crippen molar-refractivity contribution in [1.82, 2.24) is 0 Å². The van der Waals surface area contributed by atoms with Crippen LogP contribution in [0, 0.1) is 0 Å². The normalized spacial score (nSPS) is 12.8. The Bertz CT molecular complexity index is 472. The number of nitrogens with zero attached hydrogens (tertiary/aromatic N) is 1. The van der Waals surface area contributed by atoms with Crippen LogP contribution < -0.4 is 0 Å². The molecule has 0 saturated carbocycles. The molecule has 0 heterocycles. The largest absolute Gasteiger partial charge is 0.292 e. The predicted molar refractivity (Wildman–Crippen MR) is 66.9 cm³/mol. The van der Waals surface area contributed by atoms with Crippen molar-refractivity contribution in [3.05, 3.63) is 29.8 Å². The van der Waals surface area contributed by atoms with Crippen LogP contribution in [0.25, 0.3) is 0 Å². The van der Waals surface area contributed by atoms with Gasteiger partial charge in [0.1, 0.15) is 0 Å². The molecule has 0 N–H and O–H groups in total. The molecule has 3 nitrogen and oxygen atoms in total. The number of sulfone groups is 1. The van der Waals surface area contributed by atoms with E-state index in [-0.39, 0.29) is 0 Å². The summed E-state index contributed by atoms with van der Waals surface area (Å²) in [7, 11) is -1.34. The molecule has 16 heavy (non-hydrogen) atoms. The fourth-order valence-electron chi connectivity index (χ4n) is 1.52. The maximum atomic E-state index is 11.3. The van der Waals surface area contributed by atoms with Crippen LogP contribution in [0.5, 0.6) is 0 Å². The first kappa shape index (κ1) is 12.9. The molecular weight excluding hydrogens is 222 g/mol. The molecule has 0 aliphatic rings. The Morgan fingerprint density at radius 3 is 2.19 bits per heavy atom. The third-order valence-corrected chi connectivity index (χ3v) is 3.50. The Morgan fingerprint density at radius 1 is 1.25 bits per heavy atom. The summed E-state index contributed by atoms with van der Waals surface area (Å²) in [6.07, 6.45) is 3.15. The molecule has 0 atom stereocenters. The highest BCUT2D eigenvalue weighted by Crippen LogP contribution is 2.12. The van der Waals surface area contributed by atoms with Gasteiger partial charge in [-0.05, 0) is 24.1 Å². The lowest BCUT2D eigenvalue weighted by Gasteiger charge is -2.05. The highest BCUT2D eigenvalue weighted by molar-refractivity contribution is 7.90. The molecular formula is C12H17NO2S. The van der Waals surface area contributed by atoms with Gasteiger partial charge in [-0.25, -0.2) is 8.42 Å². The van der Waals surface area contributed by atoms with Gasteiger partial charge in [-0.2, -0.15) is 0 Å². The minimum Gasteiger partial charge on any atom is -0.292 e. The van der Waals surface area contributed by atoms with E-state index in [9.17, 15) is 8.42 Å². The second-order valence-corrected chi connectivity index (χ2v) is 5.73. The second kappa shape index (κ2) is 5.25. The minimum atomic E-state index is -3.10. The molecule has 0 spiro atoms. The van der Waals surface area contributed by atoms with Crippen LogP contribution in [0.2, 0.25) is 0 Å². The predicted octanol–water partition coefficient (Wildman–Crippen LogP) is 2.31. The molecule has 0 aliphatic carbocycles. The SMILES string of the molecule is CCCC(=NC)c1ccc(S(C)(=O)=O)cc1. The van der Waals surface area contributed by atoms with Crippen LogP contribution in [0.4, 0.5) is 0 Å². The number of rotatable bonds is 4. The molecule has 4 heteroatoms. The first-order valence-electron chi connectivity index (χ1n) is 5.25. The van der Waals surface area contributed by atoms with E-state index in [0.717, 1.165) is 24.1 Å². The molecule has 1 aromatic carbocycles. The van der Waals surface area contributed by atoms with Crippen LogP contribution >= 0.6 is 0 Å². The topological polar surface area (TPSA) is 46.5 Å². The molecule has 1 aromatic rings. The zero-order chi connectivity index (χ0) is 12.2. The summed E-state index contributed by atoms with van der Waals surface area (Å²) in [6, 6.07) is 6.89. The van der Waals surface area contributed by atoms with Crippen molar-refractivity contribution in [2.45, 2.75) is 24.7 Å². The highest BCUT2D eigenvalue weighted by atomic mass is 32.2. The average Bonchev–Trinajstić information content (AvgIpc) is 2.25. The van der Waals surface area contributed by atoms with E-state index >= 15 is 0 Å². The van der Waals surface area contributed by atoms with Crippen LogP contribution in [-0.4, -0.2) is 27.4 Å². The summed E-state index contributed by atoms with van der Waals surface area (Å²) in [5.74, 6) is 0. The molecule has 0 bridgehead atoms. The van der Waals surface area contributed by atoms with Gasteiger partial charge in [0.2, 0.25) is 0 Å². The van der Waals surface area contributed by atoms with Gasteiger partial charge in [-0.15, -0.1) is 0 Å². The lowest BCUT2D eigenvalue weighted by Crippen LogP contribution is -2.02. The van der Waals surface area contributed by atoms with Crippen molar-refractivity contribution < 1.29 is 8.42 Å². The van der Waals surface area contributed by atoms with E-state index in [0.29, 0.717) is 4.90 Å². The standard InChI is InChI=1S/C12H17NO2S/c1-4-5-12(13-2)10-6-8-11(9-7-10)16(3,14)15/h6-9H,4-5H2,1-3H3. The minimum absolute atomic E-state index is 0.350. The van der Waals surface area contributed by atoms with E-state index < -0.39 is 9.84 Å². The van der Waals surface area contributed by atoms with E-state index in [2.05, 4.69) is 11.9 Å². The number of hydrogen-bond donors (Lipinski definition) is 0. The van der Waals surface area contributed by atoms with Crippen LogP contribution in [0.15, 0.2) is 34.2 Å². The van der Waals surface area contributed by atoms with Gasteiger partial charge in [-0.1, -0.05) is 25.5 Å². The van der Waals surface area contributed by atoms with Crippen molar-refractivity contribution in [2.75, 3.05) is 13.3 Å². The van der Waals surface area contributed by atoms with Crippen molar-refractivity contribution in [2.24, 2.45) is 4.99 Å². The Labute approximate surface area is 97.1 Å². The van der Waals surface area contributed by atoms with Crippen molar-refractivity contribution in [3.8, 4) is 0 Å². The van der Waals surface area contributed by atoms with Gasteiger partial charge >= 0.3 is 0 Å². The first-order chi connectivity index (χ1) is 7.49. The molecule has 0 aromatic heterocycles. The maximum absolute atomic E-state index is 11.3. The highest BCUT2D eigenvalue weighted by Gasteiger charge is 2.07. The van der Waals surface area contributed by atoms with Crippen molar-refractivity contribution in [3.63, 3.8) is 0 Å². The zero-order valence-corrected chi connectivity index (χ0v) is 10.7. The maximum Gasteiger partial charge on any atom is 0.175 e. The molecule has 0 radical (unpaired) electrons. The molecule has 1 rings (SSSR count). The monoisotopic (exact) mass is 239 g/mol. The fourth-order valence-corrected chi connectivity index (χ4v) is 2.15. The number of aliphatic imine (C=N–C) groups is 1. The summed E-state index contributed by atoms with van der Waals surface area (Å²) >= 11 is 0. The zero-order valence-electron chi connectivity index (χ0n) is 9.90. The number of benzene rings is 1. The van der Waals surface area contributed by atoms with Gasteiger partial charge in [0, 0.05) is 19.0 Å². The number of hydrogen-bond acceptors (Lipinski definition) is 3. The second-order valence-electron chi connectivity index (χ2n) is 3.72. The third kappa shape index (κ3) is 3.17. The Hall–Kier alpha value is -1.16. The van der Waals surface area contributed by atoms with Gasteiger partial charge in [0.25, 0.3) is 0 Å². The van der Waals surface area contributed by atoms with E-state index in [4.69, 9.17) is 0 Å². The van der Waals surface area contributed by atoms with Gasteiger partial charge in [0.15, 0.2) is 9.84 Å². The quantitative estimate of drug-likeness (QED) is 0.757. The van der Waals surface area contributed by atoms with Crippen LogP contribution in [0.3, 0.4) is 0 Å². The van der Waals surface area contributed by atoms with E-state index in [1.54, 1.807) is 19.2 Å². The summed E-state index contributed by atoms with van der Waals surface area (Å²) in [6.45, 7) is 2.09. The third-order valence-electron chi connectivity index (χ3n) is 2.37. The van der Waals surface area contributed by atoms with Crippen LogP contribution in [-0.2, 0) is 9.84 Å². The van der Waals surface area contributed by atoms with Gasteiger partial charge in [0.05, 0.1) is 4.90 Å². The lowest BCUT2D eigenvalue weighted by atomic mass is 10.1. The summed E-state index contributed by atoms with van der Waals surface area (Å²) in [5, 5.41) is 0. The molecule has 0 aliphatic heterocycles. The Balaban J connectivity index is 3.04. The smallest absolute Gasteiger partial charge is 0.175 e. The molecule has 88 valence electrons. The molecule has 0 saturated heterocycles. The van der Waals surface area contributed by atoms with Crippen molar-refractivity contribution in [1.29, 1.82) is 0 Å². The van der Waals surface area contributed by atoms with E-state index in [1.165, 1.54) is 6.26 Å². The lowest BCUT2D eigenvalue weighted by molar-refractivity contribution is 0.602. The molecule has 0 amide bonds. The van der Waals surface area contributed by atoms with Gasteiger partial charge in [-0.3, -0.25) is 4.99 Å². The average molecular weight is 239 g/mol.